The highest BCUT2D eigenvalue weighted by atomic mass is 32.2. The molecular formula is C29H53F3N3O6PS. The molecule has 2 aliphatic rings. The smallest absolute Gasteiger partial charge is 0.389 e. The molecule has 0 aromatic carbocycles. The quantitative estimate of drug-likeness (QED) is 0.0566. The normalized spacial score (nSPS) is 19.8. The van der Waals surface area contributed by atoms with E-state index in [9.17, 15) is 37.7 Å². The molecule has 43 heavy (non-hydrogen) atoms. The largest absolute Gasteiger partial charge is 0.394 e. The molecule has 0 amide bonds. The molecule has 0 aromatic rings. The summed E-state index contributed by atoms with van der Waals surface area (Å²) in [6.45, 7) is -0.467. The first-order valence-corrected chi connectivity index (χ1v) is 18.6. The van der Waals surface area contributed by atoms with Crippen molar-refractivity contribution in [2.45, 2.75) is 134 Å². The fourth-order valence-corrected chi connectivity index (χ4v) is 7.57. The van der Waals surface area contributed by atoms with Gasteiger partial charge in [-0.25, -0.2) is 4.99 Å². The number of aliphatic imine (C=N–C) groups is 1. The Morgan fingerprint density at radius 1 is 1.02 bits per heavy atom. The topological polar surface area (TPSA) is 149 Å². The van der Waals surface area contributed by atoms with E-state index in [1.807, 2.05) is 11.8 Å². The number of rotatable bonds is 25. The number of hydrogen-bond donors (Lipinski definition) is 5. The molecule has 14 heteroatoms. The van der Waals surface area contributed by atoms with E-state index in [-0.39, 0.29) is 30.6 Å². The average molecular weight is 660 g/mol. The second-order valence-electron chi connectivity index (χ2n) is 12.1. The zero-order valence-corrected chi connectivity index (χ0v) is 27.0. The summed E-state index contributed by atoms with van der Waals surface area (Å²) >= 11 is 1.82. The molecule has 0 saturated heterocycles. The van der Waals surface area contributed by atoms with Gasteiger partial charge < -0.3 is 35.4 Å². The minimum absolute atomic E-state index is 0.000183. The Hall–Kier alpha value is -0.820. The molecule has 2 rings (SSSR count). The maximum Gasteiger partial charge on any atom is 0.389 e. The van der Waals surface area contributed by atoms with Crippen molar-refractivity contribution >= 4 is 25.2 Å². The lowest BCUT2D eigenvalue weighted by molar-refractivity contribution is -0.135. The van der Waals surface area contributed by atoms with Crippen LogP contribution in [0.1, 0.15) is 109 Å². The van der Waals surface area contributed by atoms with Crippen LogP contribution in [0.25, 0.3) is 0 Å². The van der Waals surface area contributed by atoms with E-state index in [0.29, 0.717) is 6.42 Å². The first-order valence-electron chi connectivity index (χ1n) is 15.7. The first kappa shape index (κ1) is 38.4. The number of nitrogens with two attached hydrogens (primary N) is 1. The van der Waals surface area contributed by atoms with Crippen LogP contribution in [-0.4, -0.2) is 79.9 Å². The lowest BCUT2D eigenvalue weighted by atomic mass is 10.0. The van der Waals surface area contributed by atoms with Gasteiger partial charge in [-0.2, -0.15) is 24.9 Å². The van der Waals surface area contributed by atoms with Gasteiger partial charge in [0.05, 0.1) is 19.3 Å². The highest BCUT2D eigenvalue weighted by Gasteiger charge is 2.48. The first-order chi connectivity index (χ1) is 20.3. The SMILES string of the molecule is NC1=N[C@@H](O)N(C[C@@H](CO)OC(CC2(CSCCCCCCCCCCCCCCCC(F)(F)F)CC2)P(=O)(O)O)C=C1. The number of ether oxygens (including phenoxy) is 1. The minimum Gasteiger partial charge on any atom is -0.394 e. The van der Waals surface area contributed by atoms with Crippen molar-refractivity contribution in [2.75, 3.05) is 24.7 Å². The summed E-state index contributed by atoms with van der Waals surface area (Å²) in [6, 6.07) is 0. The van der Waals surface area contributed by atoms with E-state index in [0.717, 1.165) is 62.9 Å². The van der Waals surface area contributed by atoms with Gasteiger partial charge in [0.25, 0.3) is 0 Å². The molecule has 3 atom stereocenters. The van der Waals surface area contributed by atoms with Crippen molar-refractivity contribution in [3.8, 4) is 0 Å². The molecule has 9 nitrogen and oxygen atoms in total. The Kier molecular flexibility index (Phi) is 17.5. The second kappa shape index (κ2) is 19.6. The molecule has 252 valence electrons. The third kappa shape index (κ3) is 17.5. The van der Waals surface area contributed by atoms with Crippen molar-refractivity contribution in [3.05, 3.63) is 12.3 Å². The minimum atomic E-state index is -4.58. The number of unbranched alkanes of at least 4 members (excludes halogenated alkanes) is 12. The molecule has 1 aliphatic heterocycles. The number of nitrogens with zero attached hydrogens (tertiary/aromatic N) is 2. The van der Waals surface area contributed by atoms with Crippen LogP contribution < -0.4 is 5.73 Å². The summed E-state index contributed by atoms with van der Waals surface area (Å²) in [6.07, 6.45) is 11.6. The van der Waals surface area contributed by atoms with Crippen LogP contribution in [0.2, 0.25) is 0 Å². The molecule has 0 spiro atoms. The molecular weight excluding hydrogens is 606 g/mol. The molecule has 0 aromatic heterocycles. The summed E-state index contributed by atoms with van der Waals surface area (Å²) in [5.41, 5.74) is 5.40. The third-order valence-corrected chi connectivity index (χ3v) is 10.5. The average Bonchev–Trinajstić information content (AvgIpc) is 3.69. The predicted molar refractivity (Wildman–Crippen MR) is 166 cm³/mol. The molecule has 6 N–H and O–H groups in total. The highest BCUT2D eigenvalue weighted by molar-refractivity contribution is 7.99. The van der Waals surface area contributed by atoms with Crippen LogP contribution in [0.5, 0.6) is 0 Å². The van der Waals surface area contributed by atoms with E-state index in [2.05, 4.69) is 4.99 Å². The maximum absolute atomic E-state index is 12.3. The third-order valence-electron chi connectivity index (χ3n) is 8.06. The molecule has 0 bridgehead atoms. The Bertz CT molecular complexity index is 888. The van der Waals surface area contributed by atoms with Crippen LogP contribution in [0, 0.1) is 5.41 Å². The van der Waals surface area contributed by atoms with Crippen LogP contribution in [-0.2, 0) is 9.30 Å². The number of halogens is 3. The fraction of sp³-hybridized carbons (Fsp3) is 0.897. The second-order valence-corrected chi connectivity index (χ2v) is 15.0. The van der Waals surface area contributed by atoms with Gasteiger partial charge in [-0.1, -0.05) is 70.6 Å². The predicted octanol–water partition coefficient (Wildman–Crippen LogP) is 6.26. The van der Waals surface area contributed by atoms with Gasteiger partial charge in [-0.3, -0.25) is 4.57 Å². The van der Waals surface area contributed by atoms with Crippen molar-refractivity contribution in [1.82, 2.24) is 4.90 Å². The van der Waals surface area contributed by atoms with Crippen molar-refractivity contribution < 1.29 is 42.5 Å². The number of aliphatic hydroxyl groups is 2. The standard InChI is InChI=1S/C29H53F3N3O6PS/c30-29(31,32)15-12-10-8-6-4-2-1-3-5-7-9-11-13-19-43-23-28(16-17-28)20-26(42(38,39)40)41-24(22-36)21-35-18-14-25(33)34-27(35)37/h14,18,24,26-27,36-37H,1-13,15-17,19-23H2,(H2,33,34)(H2,38,39,40)/t24-,26?,27+/m0/s1. The van der Waals surface area contributed by atoms with Crippen LogP contribution in [0.3, 0.4) is 0 Å². The molecule has 1 aliphatic carbocycles. The Morgan fingerprint density at radius 3 is 2.02 bits per heavy atom. The van der Waals surface area contributed by atoms with Gasteiger partial charge in [0.2, 0.25) is 6.35 Å². The van der Waals surface area contributed by atoms with E-state index in [1.165, 1.54) is 49.3 Å². The monoisotopic (exact) mass is 659 g/mol. The molecule has 1 unspecified atom stereocenters. The number of hydrogen-bond acceptors (Lipinski definition) is 8. The Balaban J connectivity index is 1.52. The zero-order valence-electron chi connectivity index (χ0n) is 25.3. The molecule has 1 heterocycles. The van der Waals surface area contributed by atoms with E-state index in [4.69, 9.17) is 10.5 Å². The Labute approximate surface area is 259 Å². The fourth-order valence-electron chi connectivity index (χ4n) is 5.22. The maximum atomic E-state index is 12.3. The summed E-state index contributed by atoms with van der Waals surface area (Å²) in [7, 11) is -4.58. The van der Waals surface area contributed by atoms with E-state index in [1.54, 1.807) is 0 Å². The van der Waals surface area contributed by atoms with Crippen LogP contribution in [0.15, 0.2) is 17.3 Å². The number of aliphatic hydroxyl groups excluding tert-OH is 2. The van der Waals surface area contributed by atoms with Crippen molar-refractivity contribution in [2.24, 2.45) is 16.1 Å². The molecule has 1 fully saturated rings. The van der Waals surface area contributed by atoms with Crippen molar-refractivity contribution in [3.63, 3.8) is 0 Å². The van der Waals surface area contributed by atoms with Crippen molar-refractivity contribution in [1.29, 1.82) is 0 Å². The summed E-state index contributed by atoms with van der Waals surface area (Å²) in [5.74, 6) is 0.664. The van der Waals surface area contributed by atoms with Gasteiger partial charge in [0.1, 0.15) is 5.84 Å². The zero-order chi connectivity index (χ0) is 31.8. The van der Waals surface area contributed by atoms with E-state index >= 15 is 0 Å². The van der Waals surface area contributed by atoms with Gasteiger partial charge in [-0.05, 0) is 55.1 Å². The molecule has 1 saturated carbocycles. The summed E-state index contributed by atoms with van der Waals surface area (Å²) < 4.78 is 54.4. The van der Waals surface area contributed by atoms with Gasteiger partial charge in [0, 0.05) is 12.6 Å². The van der Waals surface area contributed by atoms with Gasteiger partial charge >= 0.3 is 13.8 Å². The van der Waals surface area contributed by atoms with Crippen LogP contribution >= 0.6 is 19.4 Å². The number of amidine groups is 1. The van der Waals surface area contributed by atoms with Crippen LogP contribution in [0.4, 0.5) is 13.2 Å². The molecule has 0 radical (unpaired) electrons. The number of thioether (sulfide) groups is 1. The summed E-state index contributed by atoms with van der Waals surface area (Å²) in [4.78, 5) is 25.2. The Morgan fingerprint density at radius 2 is 1.56 bits per heavy atom. The van der Waals surface area contributed by atoms with E-state index < -0.39 is 45.1 Å². The van der Waals surface area contributed by atoms with Gasteiger partial charge in [-0.15, -0.1) is 0 Å². The summed E-state index contributed by atoms with van der Waals surface area (Å²) in [5, 5.41) is 19.9. The highest BCUT2D eigenvalue weighted by Crippen LogP contribution is 2.57. The lowest BCUT2D eigenvalue weighted by Crippen LogP contribution is -2.42. The lowest BCUT2D eigenvalue weighted by Gasteiger charge is -2.32. The van der Waals surface area contributed by atoms with Gasteiger partial charge in [0.15, 0.2) is 5.85 Å². The number of alkyl halides is 3.